The predicted octanol–water partition coefficient (Wildman–Crippen LogP) is 3.52. The molecular formula is C17H21N3O2S. The van der Waals surface area contributed by atoms with Crippen molar-refractivity contribution in [3.8, 4) is 11.5 Å². The van der Waals surface area contributed by atoms with Crippen LogP contribution in [0.5, 0.6) is 0 Å². The van der Waals surface area contributed by atoms with Crippen molar-refractivity contribution < 1.29 is 9.21 Å². The van der Waals surface area contributed by atoms with Crippen molar-refractivity contribution in [1.82, 2.24) is 15.5 Å². The minimum atomic E-state index is 0.0361. The van der Waals surface area contributed by atoms with E-state index in [1.807, 2.05) is 30.3 Å². The molecule has 1 amide bonds. The van der Waals surface area contributed by atoms with Crippen molar-refractivity contribution in [1.29, 1.82) is 0 Å². The number of carbonyl (C=O) groups excluding carboxylic acids is 1. The normalized spacial score (nSPS) is 21.1. The molecule has 1 aromatic heterocycles. The second kappa shape index (κ2) is 7.64. The lowest BCUT2D eigenvalue weighted by Crippen LogP contribution is -2.38. The lowest BCUT2D eigenvalue weighted by Gasteiger charge is -2.26. The molecule has 0 spiro atoms. The smallest absolute Gasteiger partial charge is 0.277 e. The number of rotatable bonds is 5. The van der Waals surface area contributed by atoms with Gasteiger partial charge in [-0.1, -0.05) is 36.9 Å². The number of hydrogen-bond donors (Lipinski definition) is 1. The first kappa shape index (κ1) is 16.1. The molecule has 122 valence electrons. The van der Waals surface area contributed by atoms with Crippen molar-refractivity contribution in [3.63, 3.8) is 0 Å². The van der Waals surface area contributed by atoms with Crippen LogP contribution in [-0.4, -0.2) is 27.9 Å². The maximum Gasteiger partial charge on any atom is 0.277 e. The maximum absolute atomic E-state index is 12.0. The average Bonchev–Trinajstić information content (AvgIpc) is 3.05. The largest absolute Gasteiger partial charge is 0.411 e. The number of carbonyl (C=O) groups is 1. The Balaban J connectivity index is 1.47. The van der Waals surface area contributed by atoms with Crippen LogP contribution in [0.1, 0.15) is 32.6 Å². The number of aromatic nitrogens is 2. The molecule has 3 rings (SSSR count). The van der Waals surface area contributed by atoms with Crippen molar-refractivity contribution in [3.05, 3.63) is 30.3 Å². The summed E-state index contributed by atoms with van der Waals surface area (Å²) in [5.74, 6) is 1.61. The molecule has 1 heterocycles. The Morgan fingerprint density at radius 2 is 1.96 bits per heavy atom. The maximum atomic E-state index is 12.0. The Labute approximate surface area is 140 Å². The zero-order chi connectivity index (χ0) is 16.1. The minimum absolute atomic E-state index is 0.0361. The fourth-order valence-electron chi connectivity index (χ4n) is 2.77. The second-order valence-electron chi connectivity index (χ2n) is 6.05. The van der Waals surface area contributed by atoms with Gasteiger partial charge in [0.25, 0.3) is 5.22 Å². The van der Waals surface area contributed by atoms with Gasteiger partial charge in [0.1, 0.15) is 0 Å². The zero-order valence-electron chi connectivity index (χ0n) is 13.2. The van der Waals surface area contributed by atoms with E-state index in [1.165, 1.54) is 24.6 Å². The zero-order valence-corrected chi connectivity index (χ0v) is 14.0. The van der Waals surface area contributed by atoms with E-state index >= 15 is 0 Å². The van der Waals surface area contributed by atoms with Gasteiger partial charge >= 0.3 is 0 Å². The van der Waals surface area contributed by atoms with E-state index < -0.39 is 0 Å². The van der Waals surface area contributed by atoms with Gasteiger partial charge in [0, 0.05) is 11.6 Å². The van der Waals surface area contributed by atoms with Crippen LogP contribution in [0.4, 0.5) is 0 Å². The van der Waals surface area contributed by atoms with Gasteiger partial charge in [-0.05, 0) is 43.7 Å². The van der Waals surface area contributed by atoms with Crippen LogP contribution in [0.3, 0.4) is 0 Å². The van der Waals surface area contributed by atoms with Gasteiger partial charge in [0.05, 0.1) is 5.75 Å². The van der Waals surface area contributed by atoms with Crippen LogP contribution >= 0.6 is 11.8 Å². The molecule has 1 aliphatic carbocycles. The van der Waals surface area contributed by atoms with Gasteiger partial charge in [0.15, 0.2) is 0 Å². The Morgan fingerprint density at radius 3 is 2.70 bits per heavy atom. The molecule has 0 bridgehead atoms. The number of nitrogens with one attached hydrogen (secondary N) is 1. The molecule has 1 saturated carbocycles. The standard InChI is InChI=1S/C17H21N3O2S/c1-12-7-9-14(10-8-12)18-15(21)11-23-17-20-19-16(22-17)13-5-3-2-4-6-13/h2-6,12,14H,7-11H2,1H3,(H,18,21). The predicted molar refractivity (Wildman–Crippen MR) is 90.0 cm³/mol. The molecule has 0 saturated heterocycles. The van der Waals surface area contributed by atoms with E-state index in [-0.39, 0.29) is 5.91 Å². The molecule has 2 aromatic rings. The van der Waals surface area contributed by atoms with Crippen molar-refractivity contribution in [2.75, 3.05) is 5.75 Å². The van der Waals surface area contributed by atoms with Crippen LogP contribution in [0, 0.1) is 5.92 Å². The Bertz CT molecular complexity index is 636. The summed E-state index contributed by atoms with van der Waals surface area (Å²) in [7, 11) is 0. The van der Waals surface area contributed by atoms with Crippen molar-refractivity contribution in [2.24, 2.45) is 5.92 Å². The summed E-state index contributed by atoms with van der Waals surface area (Å²) in [5.41, 5.74) is 0.882. The molecule has 1 aromatic carbocycles. The summed E-state index contributed by atoms with van der Waals surface area (Å²) in [6, 6.07) is 9.93. The summed E-state index contributed by atoms with van der Waals surface area (Å²) >= 11 is 1.28. The molecule has 1 aliphatic rings. The molecule has 1 fully saturated rings. The van der Waals surface area contributed by atoms with Crippen molar-refractivity contribution >= 4 is 17.7 Å². The van der Waals surface area contributed by atoms with Crippen LogP contribution in [0.15, 0.2) is 40.0 Å². The Morgan fingerprint density at radius 1 is 1.22 bits per heavy atom. The van der Waals surface area contributed by atoms with E-state index in [4.69, 9.17) is 4.42 Å². The Kier molecular flexibility index (Phi) is 5.33. The number of amides is 1. The third-order valence-electron chi connectivity index (χ3n) is 4.13. The number of nitrogens with zero attached hydrogens (tertiary/aromatic N) is 2. The lowest BCUT2D eigenvalue weighted by molar-refractivity contribution is -0.119. The van der Waals surface area contributed by atoms with Crippen LogP contribution in [0.25, 0.3) is 11.5 Å². The van der Waals surface area contributed by atoms with E-state index in [0.717, 1.165) is 24.3 Å². The fourth-order valence-corrected chi connectivity index (χ4v) is 3.34. The van der Waals surface area contributed by atoms with Crippen LogP contribution in [-0.2, 0) is 4.79 Å². The average molecular weight is 331 g/mol. The molecule has 6 heteroatoms. The molecule has 23 heavy (non-hydrogen) atoms. The van der Waals surface area contributed by atoms with Crippen LogP contribution in [0.2, 0.25) is 0 Å². The molecular weight excluding hydrogens is 310 g/mol. The van der Waals surface area contributed by atoms with E-state index in [2.05, 4.69) is 22.4 Å². The summed E-state index contributed by atoms with van der Waals surface area (Å²) in [6.45, 7) is 2.27. The van der Waals surface area contributed by atoms with Gasteiger partial charge < -0.3 is 9.73 Å². The molecule has 0 aliphatic heterocycles. The van der Waals surface area contributed by atoms with Gasteiger partial charge in [-0.25, -0.2) is 0 Å². The molecule has 0 unspecified atom stereocenters. The fraction of sp³-hybridized carbons (Fsp3) is 0.471. The number of benzene rings is 1. The van der Waals surface area contributed by atoms with Gasteiger partial charge in [0.2, 0.25) is 11.8 Å². The highest BCUT2D eigenvalue weighted by Crippen LogP contribution is 2.25. The highest BCUT2D eigenvalue weighted by molar-refractivity contribution is 7.99. The van der Waals surface area contributed by atoms with Gasteiger partial charge in [-0.3, -0.25) is 4.79 Å². The first-order valence-electron chi connectivity index (χ1n) is 8.02. The molecule has 1 N–H and O–H groups in total. The molecule has 5 nitrogen and oxygen atoms in total. The van der Waals surface area contributed by atoms with Crippen LogP contribution < -0.4 is 5.32 Å². The third kappa shape index (κ3) is 4.58. The molecule has 0 atom stereocenters. The van der Waals surface area contributed by atoms with E-state index in [0.29, 0.717) is 22.9 Å². The number of hydrogen-bond acceptors (Lipinski definition) is 5. The topological polar surface area (TPSA) is 68.0 Å². The number of thioether (sulfide) groups is 1. The minimum Gasteiger partial charge on any atom is -0.411 e. The van der Waals surface area contributed by atoms with Crippen molar-refractivity contribution in [2.45, 2.75) is 43.9 Å². The summed E-state index contributed by atoms with van der Waals surface area (Å²) in [6.07, 6.45) is 4.55. The van der Waals surface area contributed by atoms with E-state index in [9.17, 15) is 4.79 Å². The van der Waals surface area contributed by atoms with Gasteiger partial charge in [-0.2, -0.15) is 0 Å². The third-order valence-corrected chi connectivity index (χ3v) is 4.95. The first-order chi connectivity index (χ1) is 11.2. The first-order valence-corrected chi connectivity index (χ1v) is 9.00. The van der Waals surface area contributed by atoms with E-state index in [1.54, 1.807) is 0 Å². The SMILES string of the molecule is CC1CCC(NC(=O)CSc2nnc(-c3ccccc3)o2)CC1. The monoisotopic (exact) mass is 331 g/mol. The second-order valence-corrected chi connectivity index (χ2v) is 6.98. The summed E-state index contributed by atoms with van der Waals surface area (Å²) in [4.78, 5) is 12.0. The highest BCUT2D eigenvalue weighted by Gasteiger charge is 2.20. The summed E-state index contributed by atoms with van der Waals surface area (Å²) < 4.78 is 5.58. The highest BCUT2D eigenvalue weighted by atomic mass is 32.2. The lowest BCUT2D eigenvalue weighted by atomic mass is 9.87. The summed E-state index contributed by atoms with van der Waals surface area (Å²) in [5, 5.41) is 11.5. The van der Waals surface area contributed by atoms with Gasteiger partial charge in [-0.15, -0.1) is 10.2 Å². The quantitative estimate of drug-likeness (QED) is 0.849. The Hall–Kier alpha value is -1.82. The molecule has 0 radical (unpaired) electrons.